The molecule has 9 heteroatoms. The first-order chi connectivity index (χ1) is 15.1. The van der Waals surface area contributed by atoms with Crippen LogP contribution in [-0.2, 0) is 25.6 Å². The minimum atomic E-state index is -0.898. The fourth-order valence-electron chi connectivity index (χ4n) is 3.29. The molecule has 174 valence electrons. The Labute approximate surface area is 188 Å². The topological polar surface area (TPSA) is 126 Å². The molecule has 1 heterocycles. The van der Waals surface area contributed by atoms with E-state index in [-0.39, 0.29) is 11.6 Å². The Hall–Kier alpha value is -3.36. The lowest BCUT2D eigenvalue weighted by atomic mass is 10.00. The van der Waals surface area contributed by atoms with Crippen LogP contribution < -0.4 is 26.0 Å². The fraction of sp³-hybridized carbons (Fsp3) is 0.478. The number of nitrogens with one attached hydrogen (secondary N) is 4. The summed E-state index contributed by atoms with van der Waals surface area (Å²) in [5.41, 5.74) is 0.876. The zero-order chi connectivity index (χ0) is 23.8. The summed E-state index contributed by atoms with van der Waals surface area (Å²) in [5, 5.41) is 10.3. The number of rotatable bonds is 6. The van der Waals surface area contributed by atoms with Gasteiger partial charge in [-0.1, -0.05) is 32.6 Å². The first kappa shape index (κ1) is 24.9. The Morgan fingerprint density at radius 1 is 0.969 bits per heavy atom. The van der Waals surface area contributed by atoms with Gasteiger partial charge in [0.2, 0.25) is 17.7 Å². The van der Waals surface area contributed by atoms with E-state index in [4.69, 9.17) is 4.74 Å². The van der Waals surface area contributed by atoms with Crippen LogP contribution in [0.2, 0.25) is 0 Å². The van der Waals surface area contributed by atoms with Crippen LogP contribution in [0.15, 0.2) is 36.5 Å². The number of ether oxygens (including phenoxy) is 1. The molecule has 1 aliphatic heterocycles. The quantitative estimate of drug-likeness (QED) is 0.483. The van der Waals surface area contributed by atoms with E-state index in [2.05, 4.69) is 27.8 Å². The lowest BCUT2D eigenvalue weighted by Gasteiger charge is -2.28. The second kappa shape index (κ2) is 11.3. The molecular formula is C23H32N4O5. The molecule has 0 aromatic heterocycles. The van der Waals surface area contributed by atoms with Gasteiger partial charge in [0, 0.05) is 0 Å². The summed E-state index contributed by atoms with van der Waals surface area (Å²) in [7, 11) is 1.60. The van der Waals surface area contributed by atoms with Crippen molar-refractivity contribution >= 4 is 23.6 Å². The molecule has 9 nitrogen and oxygen atoms in total. The molecule has 0 spiro atoms. The van der Waals surface area contributed by atoms with Crippen LogP contribution >= 0.6 is 0 Å². The van der Waals surface area contributed by atoms with E-state index in [9.17, 15) is 19.2 Å². The van der Waals surface area contributed by atoms with E-state index in [1.807, 2.05) is 24.3 Å². The Bertz CT molecular complexity index is 866. The molecule has 0 radical (unpaired) electrons. The van der Waals surface area contributed by atoms with Gasteiger partial charge in [-0.25, -0.2) is 0 Å². The van der Waals surface area contributed by atoms with Gasteiger partial charge in [0.25, 0.3) is 5.91 Å². The molecule has 0 aliphatic carbocycles. The standard InChI is InChI=1S/C23H32N4O5/c1-13(2)19-23(31)26-18(8-6-7-16-9-11-17(32-5)12-10-16)22(30)25-14(3)20(28)24-15(4)21(29)27-19/h9-13,15,18-19H,3,6-8H2,1-2,4-5H3,(H,24,28)(H,25,30)(H,26,31)(H,27,29)/t15-,18-,19-/m0/s1. The number of aryl methyl sites for hydroxylation is 1. The molecule has 2 rings (SSSR count). The average Bonchev–Trinajstić information content (AvgIpc) is 2.75. The molecular weight excluding hydrogens is 412 g/mol. The van der Waals surface area contributed by atoms with Gasteiger partial charge in [-0.05, 0) is 49.8 Å². The van der Waals surface area contributed by atoms with E-state index in [1.54, 1.807) is 21.0 Å². The van der Waals surface area contributed by atoms with Gasteiger partial charge in [-0.3, -0.25) is 19.2 Å². The third-order valence-electron chi connectivity index (χ3n) is 5.29. The van der Waals surface area contributed by atoms with Crippen LogP contribution in [0.25, 0.3) is 0 Å². The van der Waals surface area contributed by atoms with Crippen LogP contribution in [-0.4, -0.2) is 48.9 Å². The van der Waals surface area contributed by atoms with E-state index in [0.717, 1.165) is 11.3 Å². The minimum absolute atomic E-state index is 0.190. The number of methoxy groups -OCH3 is 1. The highest BCUT2D eigenvalue weighted by Crippen LogP contribution is 2.14. The van der Waals surface area contributed by atoms with Gasteiger partial charge in [0.1, 0.15) is 23.9 Å². The Morgan fingerprint density at radius 3 is 2.22 bits per heavy atom. The number of amides is 4. The van der Waals surface area contributed by atoms with Gasteiger partial charge in [0.05, 0.1) is 12.8 Å². The zero-order valence-corrected chi connectivity index (χ0v) is 19.0. The summed E-state index contributed by atoms with van der Waals surface area (Å²) < 4.78 is 5.15. The summed E-state index contributed by atoms with van der Waals surface area (Å²) in [4.78, 5) is 50.4. The molecule has 1 aromatic carbocycles. The van der Waals surface area contributed by atoms with Crippen LogP contribution in [0.1, 0.15) is 39.2 Å². The van der Waals surface area contributed by atoms with Gasteiger partial charge < -0.3 is 26.0 Å². The van der Waals surface area contributed by atoms with Gasteiger partial charge >= 0.3 is 0 Å². The van der Waals surface area contributed by atoms with Crippen LogP contribution in [0.4, 0.5) is 0 Å². The number of hydrogen-bond donors (Lipinski definition) is 4. The molecule has 4 amide bonds. The predicted octanol–water partition coefficient (Wildman–Crippen LogP) is 0.792. The summed E-state index contributed by atoms with van der Waals surface area (Å²) in [6.45, 7) is 8.65. The van der Waals surface area contributed by atoms with Crippen molar-refractivity contribution in [3.63, 3.8) is 0 Å². The molecule has 0 bridgehead atoms. The maximum Gasteiger partial charge on any atom is 0.267 e. The second-order valence-corrected chi connectivity index (χ2v) is 8.19. The Kier molecular flexibility index (Phi) is 8.80. The molecule has 3 atom stereocenters. The largest absolute Gasteiger partial charge is 0.497 e. The summed E-state index contributed by atoms with van der Waals surface area (Å²) in [6.07, 6.45) is 1.64. The molecule has 1 fully saturated rings. The number of hydrogen-bond acceptors (Lipinski definition) is 5. The SMILES string of the molecule is C=C1NC(=O)[C@H](CCCc2ccc(OC)cc2)NC(=O)[C@H](C(C)C)NC(=O)[C@H](C)NC1=O. The monoisotopic (exact) mass is 444 g/mol. The lowest BCUT2D eigenvalue weighted by Crippen LogP contribution is -2.59. The van der Waals surface area contributed by atoms with Crippen molar-refractivity contribution in [3.05, 3.63) is 42.1 Å². The highest BCUT2D eigenvalue weighted by atomic mass is 16.5. The number of carbonyl (C=O) groups is 4. The average molecular weight is 445 g/mol. The van der Waals surface area contributed by atoms with Crippen molar-refractivity contribution in [3.8, 4) is 5.75 Å². The van der Waals surface area contributed by atoms with E-state index in [1.165, 1.54) is 6.92 Å². The van der Waals surface area contributed by atoms with Gasteiger partial charge in [0.15, 0.2) is 0 Å². The predicted molar refractivity (Wildman–Crippen MR) is 120 cm³/mol. The molecule has 1 aliphatic rings. The summed E-state index contributed by atoms with van der Waals surface area (Å²) in [5.74, 6) is -1.61. The van der Waals surface area contributed by atoms with Crippen molar-refractivity contribution < 1.29 is 23.9 Å². The summed E-state index contributed by atoms with van der Waals surface area (Å²) >= 11 is 0. The third kappa shape index (κ3) is 6.83. The van der Waals surface area contributed by atoms with Crippen molar-refractivity contribution in [1.29, 1.82) is 0 Å². The fourth-order valence-corrected chi connectivity index (χ4v) is 3.29. The van der Waals surface area contributed by atoms with E-state index in [0.29, 0.717) is 19.3 Å². The Morgan fingerprint density at radius 2 is 1.62 bits per heavy atom. The molecule has 0 unspecified atom stereocenters. The van der Waals surface area contributed by atoms with Crippen LogP contribution in [0.3, 0.4) is 0 Å². The van der Waals surface area contributed by atoms with Gasteiger partial charge in [-0.2, -0.15) is 0 Å². The van der Waals surface area contributed by atoms with E-state index >= 15 is 0 Å². The molecule has 32 heavy (non-hydrogen) atoms. The minimum Gasteiger partial charge on any atom is -0.497 e. The van der Waals surface area contributed by atoms with Crippen molar-refractivity contribution in [1.82, 2.24) is 21.3 Å². The molecule has 1 saturated heterocycles. The summed E-state index contributed by atoms with van der Waals surface area (Å²) in [6, 6.07) is 4.97. The smallest absolute Gasteiger partial charge is 0.267 e. The Balaban J connectivity index is 2.16. The maximum atomic E-state index is 12.9. The highest BCUT2D eigenvalue weighted by molar-refractivity contribution is 6.02. The zero-order valence-electron chi connectivity index (χ0n) is 19.0. The molecule has 1 aromatic rings. The van der Waals surface area contributed by atoms with Crippen LogP contribution in [0.5, 0.6) is 5.75 Å². The van der Waals surface area contributed by atoms with Crippen LogP contribution in [0, 0.1) is 5.92 Å². The van der Waals surface area contributed by atoms with Gasteiger partial charge in [-0.15, -0.1) is 0 Å². The number of benzene rings is 1. The van der Waals surface area contributed by atoms with Crippen molar-refractivity contribution in [2.45, 2.75) is 58.2 Å². The molecule has 0 saturated carbocycles. The number of carbonyl (C=O) groups excluding carboxylic acids is 4. The van der Waals surface area contributed by atoms with Crippen molar-refractivity contribution in [2.24, 2.45) is 5.92 Å². The first-order valence-corrected chi connectivity index (χ1v) is 10.7. The third-order valence-corrected chi connectivity index (χ3v) is 5.29. The first-order valence-electron chi connectivity index (χ1n) is 10.7. The normalized spacial score (nSPS) is 22.8. The lowest BCUT2D eigenvalue weighted by molar-refractivity contribution is -0.135. The maximum absolute atomic E-state index is 12.9. The molecule has 4 N–H and O–H groups in total. The van der Waals surface area contributed by atoms with Crippen molar-refractivity contribution in [2.75, 3.05) is 7.11 Å². The highest BCUT2D eigenvalue weighted by Gasteiger charge is 2.31. The van der Waals surface area contributed by atoms with E-state index < -0.39 is 41.8 Å². The second-order valence-electron chi connectivity index (χ2n) is 8.19.